The van der Waals surface area contributed by atoms with E-state index in [0.717, 1.165) is 145 Å². The minimum atomic E-state index is -2.50. The lowest BCUT2D eigenvalue weighted by Gasteiger charge is -2.35. The topological polar surface area (TPSA) is 81.2 Å². The Kier molecular flexibility index (Phi) is 26.4. The van der Waals surface area contributed by atoms with E-state index in [-0.39, 0.29) is 23.6 Å². The summed E-state index contributed by atoms with van der Waals surface area (Å²) in [7, 11) is -2.50. The molecule has 11 heterocycles. The van der Waals surface area contributed by atoms with Gasteiger partial charge in [-0.2, -0.15) is 0 Å². The molecule has 0 bridgehead atoms. The molecule has 6 unspecified atom stereocenters. The highest BCUT2D eigenvalue weighted by molar-refractivity contribution is 7.33. The molecule has 8 nitrogen and oxygen atoms in total. The van der Waals surface area contributed by atoms with Crippen LogP contribution in [0.4, 0.5) is 0 Å². The molecule has 0 spiro atoms. The number of rotatable bonds is 42. The van der Waals surface area contributed by atoms with Crippen molar-refractivity contribution in [1.82, 2.24) is 19.6 Å². The van der Waals surface area contributed by atoms with Crippen molar-refractivity contribution in [1.29, 1.82) is 0 Å². The number of carbonyl (C=O) groups excluding carboxylic acids is 4. The highest BCUT2D eigenvalue weighted by atomic mass is 32.1. The Morgan fingerprint density at radius 3 is 0.859 bits per heavy atom. The molecule has 534 valence electrons. The van der Waals surface area contributed by atoms with Crippen molar-refractivity contribution in [2.45, 2.75) is 249 Å². The van der Waals surface area contributed by atoms with E-state index in [9.17, 15) is 0 Å². The second-order valence-corrected chi connectivity index (χ2v) is 39.8. The summed E-state index contributed by atoms with van der Waals surface area (Å²) in [6.45, 7) is 30.1. The number of nitrogens with zero attached hydrogens (tertiary/aromatic N) is 4. The van der Waals surface area contributed by atoms with E-state index >= 15 is 19.2 Å². The Morgan fingerprint density at radius 1 is 0.323 bits per heavy atom. The predicted octanol–water partition coefficient (Wildman–Crippen LogP) is 23.8. The molecule has 0 saturated heterocycles. The number of hydrogen-bond donors (Lipinski definition) is 0. The number of amides is 4. The van der Waals surface area contributed by atoms with Gasteiger partial charge in [0.05, 0.1) is 64.6 Å². The van der Waals surface area contributed by atoms with Gasteiger partial charge in [-0.1, -0.05) is 224 Å². The molecule has 5 aliphatic rings. The summed E-state index contributed by atoms with van der Waals surface area (Å²) < 4.78 is 0. The number of fused-ring (bicyclic) bond motifs is 5. The summed E-state index contributed by atoms with van der Waals surface area (Å²) in [5.74, 6) is 2.50. The summed E-state index contributed by atoms with van der Waals surface area (Å²) in [5, 5.41) is 7.44. The first-order valence-corrected chi connectivity index (χ1v) is 46.5. The molecule has 6 atom stereocenters. The highest BCUT2D eigenvalue weighted by Crippen LogP contribution is 2.55. The van der Waals surface area contributed by atoms with Crippen LogP contribution in [0.25, 0.3) is 52.1 Å². The third-order valence-electron chi connectivity index (χ3n) is 23.0. The summed E-state index contributed by atoms with van der Waals surface area (Å²) in [6, 6.07) is 25.3. The van der Waals surface area contributed by atoms with Gasteiger partial charge in [-0.25, -0.2) is 0 Å². The molecule has 0 radical (unpaired) electrons. The molecular formula is C84H114N4O4S6Si. The van der Waals surface area contributed by atoms with Crippen molar-refractivity contribution >= 4 is 133 Å². The van der Waals surface area contributed by atoms with Crippen LogP contribution in [-0.4, -0.2) is 77.5 Å². The van der Waals surface area contributed by atoms with Crippen LogP contribution in [-0.2, 0) is 19.2 Å². The first-order chi connectivity index (χ1) is 48.2. The normalized spacial score (nSPS) is 18.7. The fraction of sp³-hybridized carbons (Fsp3) is 0.571. The minimum absolute atomic E-state index is 0.0154. The van der Waals surface area contributed by atoms with E-state index in [1.165, 1.54) is 92.7 Å². The van der Waals surface area contributed by atoms with Crippen LogP contribution in [0.2, 0.25) is 12.1 Å². The largest absolute Gasteiger partial charge is 0.306 e. The molecule has 15 heteroatoms. The van der Waals surface area contributed by atoms with Crippen molar-refractivity contribution < 1.29 is 19.2 Å². The second kappa shape index (κ2) is 34.7. The molecular weight excluding hydrogens is 1350 g/mol. The van der Waals surface area contributed by atoms with Crippen molar-refractivity contribution in [3.05, 3.63) is 113 Å². The van der Waals surface area contributed by atoms with Gasteiger partial charge in [0, 0.05) is 55.4 Å². The number of carbonyl (C=O) groups is 4. The Balaban J connectivity index is 1.05. The van der Waals surface area contributed by atoms with Gasteiger partial charge >= 0.3 is 0 Å². The average Bonchev–Trinajstić information content (AvgIpc) is 1.55. The zero-order valence-electron chi connectivity index (χ0n) is 62.0. The first kappa shape index (κ1) is 75.4. The maximum absolute atomic E-state index is 15.6. The van der Waals surface area contributed by atoms with E-state index in [4.69, 9.17) is 0 Å². The zero-order chi connectivity index (χ0) is 70.1. The Hall–Kier alpha value is -4.74. The summed E-state index contributed by atoms with van der Waals surface area (Å²) in [4.78, 5) is 82.6. The SMILES string of the molecule is CCCCC(CC)CN1C(=O)C2=C(c3ccc(-c4cc5c(s4)-c4sc(-c6ccc(C7=C8C(=O)N(CC(CC)CCCC)C(c9cccs9)=C8C(=O)N7CC(CC)CCCC)s6)cc4[Si]5(CC(CC)CCCC)CC(CC)CCCC)s3)N(CC(CC)CCCC)C(=O)C2=C1c1cccs1. The van der Waals surface area contributed by atoms with Gasteiger partial charge < -0.3 is 19.6 Å². The van der Waals surface area contributed by atoms with E-state index in [0.29, 0.717) is 84.0 Å². The van der Waals surface area contributed by atoms with Gasteiger partial charge in [-0.3, -0.25) is 19.2 Å². The molecule has 0 aromatic carbocycles. The molecule has 11 rings (SSSR count). The summed E-state index contributed by atoms with van der Waals surface area (Å²) in [5.41, 5.74) is 5.71. The third kappa shape index (κ3) is 15.3. The molecule has 5 aliphatic heterocycles. The Bertz CT molecular complexity index is 3640. The molecule has 6 aromatic heterocycles. The lowest BCUT2D eigenvalue weighted by atomic mass is 9.98. The highest BCUT2D eigenvalue weighted by Gasteiger charge is 2.54. The lowest BCUT2D eigenvalue weighted by molar-refractivity contribution is -0.124. The zero-order valence-corrected chi connectivity index (χ0v) is 67.9. The van der Waals surface area contributed by atoms with E-state index in [1.807, 2.05) is 32.5 Å². The second-order valence-electron chi connectivity index (χ2n) is 29.5. The fourth-order valence-corrected chi connectivity index (χ4v) is 31.1. The molecule has 4 amide bonds. The quantitative estimate of drug-likeness (QED) is 0.0358. The monoisotopic (exact) mass is 1460 g/mol. The van der Waals surface area contributed by atoms with Gasteiger partial charge in [-0.05, 0) is 143 Å². The van der Waals surface area contributed by atoms with Gasteiger partial charge in [0.25, 0.3) is 23.6 Å². The number of thiophene rings is 6. The van der Waals surface area contributed by atoms with Crippen molar-refractivity contribution in [2.75, 3.05) is 26.2 Å². The van der Waals surface area contributed by atoms with Crippen molar-refractivity contribution in [3.63, 3.8) is 0 Å². The van der Waals surface area contributed by atoms with Crippen LogP contribution < -0.4 is 10.4 Å². The molecule has 99 heavy (non-hydrogen) atoms. The Morgan fingerprint density at radius 2 is 0.596 bits per heavy atom. The smallest absolute Gasteiger partial charge is 0.261 e. The van der Waals surface area contributed by atoms with Crippen LogP contribution in [0.1, 0.15) is 257 Å². The number of hydrogen-bond acceptors (Lipinski definition) is 10. The summed E-state index contributed by atoms with van der Waals surface area (Å²) in [6.07, 6.45) is 26.8. The molecule has 0 N–H and O–H groups in total. The first-order valence-electron chi connectivity index (χ1n) is 39.1. The Labute approximate surface area is 620 Å². The fourth-order valence-electron chi connectivity index (χ4n) is 16.9. The predicted molar refractivity (Wildman–Crippen MR) is 432 cm³/mol. The van der Waals surface area contributed by atoms with Gasteiger partial charge in [0.1, 0.15) is 8.07 Å². The summed E-state index contributed by atoms with van der Waals surface area (Å²) >= 11 is 10.8. The maximum atomic E-state index is 15.6. The van der Waals surface area contributed by atoms with Gasteiger partial charge in [-0.15, -0.1) is 68.0 Å². The van der Waals surface area contributed by atoms with E-state index in [1.54, 1.807) is 55.7 Å². The third-order valence-corrected chi connectivity index (χ3v) is 35.6. The lowest BCUT2D eigenvalue weighted by Crippen LogP contribution is -2.56. The molecule has 0 saturated carbocycles. The van der Waals surface area contributed by atoms with Crippen molar-refractivity contribution in [2.24, 2.45) is 35.5 Å². The van der Waals surface area contributed by atoms with Crippen LogP contribution in [0.3, 0.4) is 0 Å². The standard InChI is InChI=1S/C84H114N4O4S6Si/c1-13-25-33-55(19-7)49-85-75(63-39-31-45-93-63)71-73(83(85)91)77(87(81(71)89)51-57(21-9)35-27-15-3)65-43-41-61(95-65)67-47-69-79(97-67)80-70(99(69,53-59(23-11)37-29-17-5)54-60(24-12)38-30-18-6)48-68(98-80)62-42-44-66(96-62)78-74-72(82(90)88(78)52-58(22-10)36-28-16-4)76(64-40-32-46-94-64)86(84(74)92)50-56(20-8)34-26-14-2/h31-32,39-48,55-60H,13-30,33-38,49-54H2,1-12H3. The number of unbranched alkanes of at least 4 members (excludes halogenated alkanes) is 6. The van der Waals surface area contributed by atoms with Crippen LogP contribution in [0.5, 0.6) is 0 Å². The molecule has 6 aromatic rings. The van der Waals surface area contributed by atoms with E-state index in [2.05, 4.69) is 164 Å². The average molecular weight is 1460 g/mol. The maximum Gasteiger partial charge on any atom is 0.261 e. The van der Waals surface area contributed by atoms with Crippen molar-refractivity contribution in [3.8, 4) is 29.3 Å². The van der Waals surface area contributed by atoms with Gasteiger partial charge in [0.15, 0.2) is 0 Å². The van der Waals surface area contributed by atoms with Crippen LogP contribution >= 0.6 is 68.0 Å². The van der Waals surface area contributed by atoms with Crippen LogP contribution in [0.15, 0.2) is 93.7 Å². The van der Waals surface area contributed by atoms with E-state index < -0.39 is 8.07 Å². The van der Waals surface area contributed by atoms with Crippen LogP contribution in [0, 0.1) is 35.5 Å². The minimum Gasteiger partial charge on any atom is -0.306 e. The van der Waals surface area contributed by atoms with Gasteiger partial charge in [0.2, 0.25) is 0 Å². The molecule has 0 fully saturated rings. The molecule has 0 aliphatic carbocycles.